The van der Waals surface area contributed by atoms with Crippen molar-refractivity contribution in [3.05, 3.63) is 69.5 Å². The van der Waals surface area contributed by atoms with Crippen molar-refractivity contribution in [3.63, 3.8) is 0 Å². The van der Waals surface area contributed by atoms with Gasteiger partial charge in [-0.25, -0.2) is 9.07 Å². The molecule has 9 heteroatoms. The van der Waals surface area contributed by atoms with E-state index < -0.39 is 5.82 Å². The molecule has 0 spiro atoms. The number of rotatable bonds is 4. The second-order valence-corrected chi connectivity index (χ2v) is 7.89. The Kier molecular flexibility index (Phi) is 5.49. The van der Waals surface area contributed by atoms with Crippen molar-refractivity contribution < 1.29 is 14.0 Å². The van der Waals surface area contributed by atoms with Crippen molar-refractivity contribution in [2.24, 2.45) is 0 Å². The number of hydrogen-bond donors (Lipinski definition) is 1. The van der Waals surface area contributed by atoms with Crippen LogP contribution in [0.4, 0.5) is 4.39 Å². The number of carbonyl (C=O) groups is 2. The molecule has 1 aliphatic rings. The van der Waals surface area contributed by atoms with Crippen LogP contribution in [0, 0.1) is 5.82 Å². The van der Waals surface area contributed by atoms with Crippen molar-refractivity contribution in [3.8, 4) is 16.9 Å². The Bertz CT molecular complexity index is 1100. The first-order valence-electron chi connectivity index (χ1n) is 8.75. The molecule has 1 unspecified atom stereocenters. The molecule has 0 radical (unpaired) electrons. The highest BCUT2D eigenvalue weighted by molar-refractivity contribution is 9.10. The fourth-order valence-electron chi connectivity index (χ4n) is 3.15. The topological polar surface area (TPSA) is 67.2 Å². The molecule has 1 saturated heterocycles. The summed E-state index contributed by atoms with van der Waals surface area (Å²) in [6, 6.07) is 13.0. The van der Waals surface area contributed by atoms with E-state index in [1.807, 2.05) is 24.3 Å². The number of hydrogen-bond acceptors (Lipinski definition) is 4. The maximum Gasteiger partial charge on any atom is 0.275 e. The van der Waals surface area contributed by atoms with Crippen LogP contribution in [0.2, 0.25) is 5.02 Å². The minimum atomic E-state index is -0.525. The fourth-order valence-corrected chi connectivity index (χ4v) is 3.72. The number of aldehydes is 1. The van der Waals surface area contributed by atoms with Gasteiger partial charge in [0.2, 0.25) is 0 Å². The van der Waals surface area contributed by atoms with Gasteiger partial charge in [0.1, 0.15) is 12.1 Å². The number of benzene rings is 2. The third-order valence-electron chi connectivity index (χ3n) is 4.61. The minimum Gasteiger partial charge on any atom is -0.322 e. The Morgan fingerprint density at radius 2 is 2.10 bits per heavy atom. The van der Waals surface area contributed by atoms with Crippen LogP contribution in [-0.4, -0.2) is 46.1 Å². The molecule has 6 nitrogen and oxygen atoms in total. The molecular formula is C20H15BrClFN4O2. The Balaban J connectivity index is 1.79. The monoisotopic (exact) mass is 476 g/mol. The first kappa shape index (κ1) is 19.8. The second kappa shape index (κ2) is 8.06. The molecule has 1 aromatic heterocycles. The van der Waals surface area contributed by atoms with Gasteiger partial charge in [-0.15, -0.1) is 0 Å². The zero-order valence-corrected chi connectivity index (χ0v) is 17.3. The largest absolute Gasteiger partial charge is 0.322 e. The maximum atomic E-state index is 13.6. The fraction of sp³-hybridized carbons (Fsp3) is 0.150. The van der Waals surface area contributed by atoms with Gasteiger partial charge in [-0.2, -0.15) is 5.10 Å². The number of halogens is 3. The summed E-state index contributed by atoms with van der Waals surface area (Å²) in [7, 11) is 0. The lowest BCUT2D eigenvalue weighted by Crippen LogP contribution is -2.30. The molecule has 4 rings (SSSR count). The number of aromatic nitrogens is 2. The van der Waals surface area contributed by atoms with Crippen LogP contribution in [0.5, 0.6) is 0 Å². The summed E-state index contributed by atoms with van der Waals surface area (Å²) in [6.45, 7) is 0.549. The lowest BCUT2D eigenvalue weighted by atomic mass is 10.1. The normalized spacial score (nSPS) is 16.2. The van der Waals surface area contributed by atoms with Crippen molar-refractivity contribution >= 4 is 39.7 Å². The summed E-state index contributed by atoms with van der Waals surface area (Å²) in [5.41, 5.74) is 2.15. The highest BCUT2D eigenvalue weighted by atomic mass is 79.9. The summed E-state index contributed by atoms with van der Waals surface area (Å²) in [6.07, 6.45) is 0.777. The molecule has 1 amide bonds. The van der Waals surface area contributed by atoms with Gasteiger partial charge in [-0.1, -0.05) is 33.6 Å². The lowest BCUT2D eigenvalue weighted by Gasteiger charge is -2.12. The van der Waals surface area contributed by atoms with Crippen molar-refractivity contribution in [1.82, 2.24) is 20.0 Å². The molecule has 0 bridgehead atoms. The average molecular weight is 478 g/mol. The average Bonchev–Trinajstić information content (AvgIpc) is 3.37. The predicted molar refractivity (Wildman–Crippen MR) is 111 cm³/mol. The molecular weight excluding hydrogens is 463 g/mol. The van der Waals surface area contributed by atoms with E-state index in [0.29, 0.717) is 11.3 Å². The van der Waals surface area contributed by atoms with Crippen LogP contribution < -0.4 is 5.32 Å². The standard InChI is InChI=1S/C20H15BrClFN4O2/c21-13-2-1-3-15(7-13)27-19(12-4-5-17(23)16(22)6-12)8-18(25-27)20(29)26-9-14(10-28)24-11-26/h1-8,10,14,24H,9,11H2. The van der Waals surface area contributed by atoms with Crippen LogP contribution in [0.1, 0.15) is 10.5 Å². The summed E-state index contributed by atoms with van der Waals surface area (Å²) in [5, 5.41) is 7.43. The molecule has 148 valence electrons. The van der Waals surface area contributed by atoms with Crippen molar-refractivity contribution in [1.29, 1.82) is 0 Å². The molecule has 0 aliphatic carbocycles. The first-order valence-corrected chi connectivity index (χ1v) is 9.93. The van der Waals surface area contributed by atoms with E-state index in [-0.39, 0.29) is 35.9 Å². The van der Waals surface area contributed by atoms with Gasteiger partial charge < -0.3 is 9.69 Å². The molecule has 1 fully saturated rings. The van der Waals surface area contributed by atoms with E-state index in [9.17, 15) is 14.0 Å². The van der Waals surface area contributed by atoms with E-state index in [1.165, 1.54) is 17.0 Å². The Hall–Kier alpha value is -2.55. The van der Waals surface area contributed by atoms with Crippen LogP contribution in [-0.2, 0) is 4.79 Å². The summed E-state index contributed by atoms with van der Waals surface area (Å²) >= 11 is 9.40. The van der Waals surface area contributed by atoms with Gasteiger partial charge in [0.05, 0.1) is 29.1 Å². The Morgan fingerprint density at radius 3 is 2.79 bits per heavy atom. The van der Waals surface area contributed by atoms with E-state index in [0.717, 1.165) is 16.4 Å². The zero-order valence-electron chi connectivity index (χ0n) is 15.0. The SMILES string of the molecule is O=CC1CN(C(=O)c2cc(-c3ccc(F)c(Cl)c3)n(-c3cccc(Br)c3)n2)CN1. The molecule has 1 atom stereocenters. The second-order valence-electron chi connectivity index (χ2n) is 6.57. The van der Waals surface area contributed by atoms with Gasteiger partial charge in [0.25, 0.3) is 5.91 Å². The van der Waals surface area contributed by atoms with Gasteiger partial charge in [0.15, 0.2) is 5.69 Å². The number of nitrogens with one attached hydrogen (secondary N) is 1. The predicted octanol–water partition coefficient (Wildman–Crippen LogP) is 3.66. The lowest BCUT2D eigenvalue weighted by molar-refractivity contribution is -0.109. The number of nitrogens with zero attached hydrogens (tertiary/aromatic N) is 3. The van der Waals surface area contributed by atoms with Crippen LogP contribution >= 0.6 is 27.5 Å². The zero-order chi connectivity index (χ0) is 20.5. The molecule has 0 saturated carbocycles. The first-order chi connectivity index (χ1) is 14.0. The smallest absolute Gasteiger partial charge is 0.275 e. The summed E-state index contributed by atoms with van der Waals surface area (Å²) in [4.78, 5) is 25.4. The number of carbonyl (C=O) groups excluding carboxylic acids is 2. The Morgan fingerprint density at radius 1 is 1.28 bits per heavy atom. The molecule has 2 heterocycles. The quantitative estimate of drug-likeness (QED) is 0.583. The van der Waals surface area contributed by atoms with Gasteiger partial charge >= 0.3 is 0 Å². The van der Waals surface area contributed by atoms with E-state index in [1.54, 1.807) is 16.8 Å². The Labute approximate surface area is 179 Å². The van der Waals surface area contributed by atoms with E-state index in [2.05, 4.69) is 26.3 Å². The molecule has 1 aliphatic heterocycles. The van der Waals surface area contributed by atoms with Crippen LogP contribution in [0.15, 0.2) is 53.0 Å². The summed E-state index contributed by atoms with van der Waals surface area (Å²) in [5.74, 6) is -0.826. The molecule has 1 N–H and O–H groups in total. The van der Waals surface area contributed by atoms with Crippen molar-refractivity contribution in [2.45, 2.75) is 6.04 Å². The molecule has 29 heavy (non-hydrogen) atoms. The van der Waals surface area contributed by atoms with Gasteiger partial charge in [-0.3, -0.25) is 10.1 Å². The third kappa shape index (κ3) is 3.96. The number of amides is 1. The maximum absolute atomic E-state index is 13.6. The molecule has 3 aromatic rings. The van der Waals surface area contributed by atoms with E-state index >= 15 is 0 Å². The van der Waals surface area contributed by atoms with Gasteiger partial charge in [-0.05, 0) is 42.5 Å². The van der Waals surface area contributed by atoms with E-state index in [4.69, 9.17) is 11.6 Å². The highest BCUT2D eigenvalue weighted by Crippen LogP contribution is 2.29. The minimum absolute atomic E-state index is 0.0186. The van der Waals surface area contributed by atoms with Crippen LogP contribution in [0.3, 0.4) is 0 Å². The molecule has 2 aromatic carbocycles. The highest BCUT2D eigenvalue weighted by Gasteiger charge is 2.28. The van der Waals surface area contributed by atoms with Crippen molar-refractivity contribution in [2.75, 3.05) is 13.2 Å². The summed E-state index contributed by atoms with van der Waals surface area (Å²) < 4.78 is 16.1. The van der Waals surface area contributed by atoms with Gasteiger partial charge in [0, 0.05) is 16.6 Å². The third-order valence-corrected chi connectivity index (χ3v) is 5.39. The van der Waals surface area contributed by atoms with Crippen LogP contribution in [0.25, 0.3) is 16.9 Å².